The minimum absolute atomic E-state index is 0.0856. The van der Waals surface area contributed by atoms with Crippen LogP contribution in [0.1, 0.15) is 80.6 Å². The largest absolute Gasteiger partial charge is 0.469 e. The van der Waals surface area contributed by atoms with E-state index in [9.17, 15) is 33.6 Å². The molecule has 6 atom stereocenters. The normalized spacial score (nSPS) is 15.1. The van der Waals surface area contributed by atoms with Gasteiger partial charge in [0.1, 0.15) is 12.2 Å². The van der Waals surface area contributed by atoms with Crippen LogP contribution in [0, 0.1) is 0 Å². The lowest BCUT2D eigenvalue weighted by molar-refractivity contribution is -0.219. The molecule has 0 saturated heterocycles. The summed E-state index contributed by atoms with van der Waals surface area (Å²) in [6.45, 7) is 8.13. The third kappa shape index (κ3) is 14.4. The Morgan fingerprint density at radius 3 is 1.12 bits per heavy atom. The van der Waals surface area contributed by atoms with Crippen LogP contribution in [0.3, 0.4) is 0 Å². The number of carbonyl (C=O) groups excluding carboxylic acids is 7. The summed E-state index contributed by atoms with van der Waals surface area (Å²) in [5.41, 5.74) is 0. The monoisotopic (exact) mass is 576 g/mol. The number of esters is 7. The molecule has 0 aromatic rings. The van der Waals surface area contributed by atoms with Gasteiger partial charge in [-0.3, -0.25) is 33.6 Å². The molecule has 0 heterocycles. The first-order valence-electron chi connectivity index (χ1n) is 12.7. The molecule has 228 valence electrons. The molecular weight excluding hydrogens is 536 g/mol. The summed E-state index contributed by atoms with van der Waals surface area (Å²) in [4.78, 5) is 84.4. The van der Waals surface area contributed by atoms with Crippen LogP contribution in [-0.2, 0) is 66.7 Å². The first-order valence-corrected chi connectivity index (χ1v) is 12.7. The van der Waals surface area contributed by atoms with Gasteiger partial charge in [0.15, 0.2) is 24.4 Å². The highest BCUT2D eigenvalue weighted by Crippen LogP contribution is 2.28. The Labute approximate surface area is 233 Å². The summed E-state index contributed by atoms with van der Waals surface area (Å²) >= 11 is 0. The SMILES string of the molecule is CCC[C@@H](OC(C)=O)[C@H](OC(C)=O)[C@H](OC(C)=O)[C@H](OC(C)=O)[C@@H](OC(C)=O)[C@@H](CCCC(=O)OC)OC(C)=O. The van der Waals surface area contributed by atoms with Crippen LogP contribution in [0.25, 0.3) is 0 Å². The van der Waals surface area contributed by atoms with Crippen molar-refractivity contribution in [3.63, 3.8) is 0 Å². The van der Waals surface area contributed by atoms with Gasteiger partial charge in [0.05, 0.1) is 7.11 Å². The lowest BCUT2D eigenvalue weighted by atomic mass is 9.91. The van der Waals surface area contributed by atoms with E-state index in [2.05, 4.69) is 4.74 Å². The highest BCUT2D eigenvalue weighted by atomic mass is 16.6. The molecule has 0 bridgehead atoms. The van der Waals surface area contributed by atoms with Crippen LogP contribution in [-0.4, -0.2) is 85.5 Å². The average Bonchev–Trinajstić information content (AvgIpc) is 2.81. The molecule has 0 saturated carbocycles. The molecule has 40 heavy (non-hydrogen) atoms. The van der Waals surface area contributed by atoms with Gasteiger partial charge in [0.2, 0.25) is 0 Å². The minimum atomic E-state index is -1.73. The zero-order valence-corrected chi connectivity index (χ0v) is 24.2. The van der Waals surface area contributed by atoms with Gasteiger partial charge in [0, 0.05) is 48.0 Å². The van der Waals surface area contributed by atoms with Crippen LogP contribution in [0.4, 0.5) is 0 Å². The molecule has 0 amide bonds. The fourth-order valence-corrected chi connectivity index (χ4v) is 3.96. The van der Waals surface area contributed by atoms with Gasteiger partial charge >= 0.3 is 41.8 Å². The molecule has 0 aromatic heterocycles. The quantitative estimate of drug-likeness (QED) is 0.180. The Hall–Kier alpha value is -3.71. The van der Waals surface area contributed by atoms with Crippen molar-refractivity contribution in [2.45, 2.75) is 117 Å². The maximum Gasteiger partial charge on any atom is 0.305 e. The lowest BCUT2D eigenvalue weighted by Crippen LogP contribution is -2.58. The summed E-state index contributed by atoms with van der Waals surface area (Å²) in [6, 6.07) is 0. The van der Waals surface area contributed by atoms with Crippen molar-refractivity contribution in [1.82, 2.24) is 0 Å². The van der Waals surface area contributed by atoms with Crippen LogP contribution in [0.15, 0.2) is 0 Å². The molecule has 0 aliphatic carbocycles. The smallest absolute Gasteiger partial charge is 0.305 e. The number of carbonyl (C=O) groups is 7. The highest BCUT2D eigenvalue weighted by molar-refractivity contribution is 5.70. The van der Waals surface area contributed by atoms with E-state index in [-0.39, 0.29) is 25.7 Å². The van der Waals surface area contributed by atoms with E-state index in [0.29, 0.717) is 6.42 Å². The summed E-state index contributed by atoms with van der Waals surface area (Å²) in [5, 5.41) is 0. The first-order chi connectivity index (χ1) is 18.6. The Balaban J connectivity index is 7.07. The topological polar surface area (TPSA) is 184 Å². The Kier molecular flexibility index (Phi) is 16.8. The summed E-state index contributed by atoms with van der Waals surface area (Å²) in [6.07, 6.45) is -8.63. The summed E-state index contributed by atoms with van der Waals surface area (Å²) < 4.78 is 37.2. The van der Waals surface area contributed by atoms with Gasteiger partial charge in [-0.2, -0.15) is 0 Å². The van der Waals surface area contributed by atoms with E-state index in [4.69, 9.17) is 28.4 Å². The predicted octanol–water partition coefficient (Wildman–Crippen LogP) is 1.72. The van der Waals surface area contributed by atoms with Gasteiger partial charge in [-0.25, -0.2) is 0 Å². The van der Waals surface area contributed by atoms with Crippen LogP contribution in [0.5, 0.6) is 0 Å². The fraction of sp³-hybridized carbons (Fsp3) is 0.731. The van der Waals surface area contributed by atoms with Gasteiger partial charge in [-0.1, -0.05) is 13.3 Å². The molecule has 14 nitrogen and oxygen atoms in total. The second-order valence-corrected chi connectivity index (χ2v) is 8.85. The van der Waals surface area contributed by atoms with Crippen molar-refractivity contribution in [1.29, 1.82) is 0 Å². The molecule has 0 spiro atoms. The molecule has 0 radical (unpaired) electrons. The molecular formula is C26H40O14. The van der Waals surface area contributed by atoms with Crippen LogP contribution in [0.2, 0.25) is 0 Å². The van der Waals surface area contributed by atoms with Gasteiger partial charge in [-0.05, 0) is 19.3 Å². The summed E-state index contributed by atoms with van der Waals surface area (Å²) in [7, 11) is 1.19. The second-order valence-electron chi connectivity index (χ2n) is 8.85. The van der Waals surface area contributed by atoms with Crippen molar-refractivity contribution in [3.8, 4) is 0 Å². The van der Waals surface area contributed by atoms with Gasteiger partial charge in [-0.15, -0.1) is 0 Å². The third-order valence-corrected chi connectivity index (χ3v) is 5.22. The Bertz CT molecular complexity index is 898. The molecule has 0 unspecified atom stereocenters. The average molecular weight is 577 g/mol. The Morgan fingerprint density at radius 2 is 0.825 bits per heavy atom. The lowest BCUT2D eigenvalue weighted by Gasteiger charge is -2.39. The zero-order valence-electron chi connectivity index (χ0n) is 24.2. The third-order valence-electron chi connectivity index (χ3n) is 5.22. The van der Waals surface area contributed by atoms with Crippen molar-refractivity contribution in [2.24, 2.45) is 0 Å². The highest BCUT2D eigenvalue weighted by Gasteiger charge is 2.50. The first kappa shape index (κ1) is 36.3. The second kappa shape index (κ2) is 18.6. The van der Waals surface area contributed by atoms with E-state index < -0.39 is 78.4 Å². The van der Waals surface area contributed by atoms with Crippen molar-refractivity contribution in [2.75, 3.05) is 7.11 Å². The van der Waals surface area contributed by atoms with E-state index in [0.717, 1.165) is 41.5 Å². The van der Waals surface area contributed by atoms with E-state index in [1.54, 1.807) is 6.92 Å². The van der Waals surface area contributed by atoms with Gasteiger partial charge in [0.25, 0.3) is 0 Å². The predicted molar refractivity (Wildman–Crippen MR) is 134 cm³/mol. The number of methoxy groups -OCH3 is 1. The minimum Gasteiger partial charge on any atom is -0.469 e. The molecule has 0 aliphatic heterocycles. The summed E-state index contributed by atoms with van der Waals surface area (Å²) in [5.74, 6) is -5.66. The number of hydrogen-bond donors (Lipinski definition) is 0. The molecule has 0 rings (SSSR count). The molecule has 0 N–H and O–H groups in total. The maximum atomic E-state index is 12.3. The Morgan fingerprint density at radius 1 is 0.500 bits per heavy atom. The van der Waals surface area contributed by atoms with E-state index in [1.165, 1.54) is 7.11 Å². The molecule has 0 aromatic carbocycles. The molecule has 14 heteroatoms. The van der Waals surface area contributed by atoms with Crippen molar-refractivity contribution >= 4 is 41.8 Å². The van der Waals surface area contributed by atoms with Crippen LogP contribution < -0.4 is 0 Å². The van der Waals surface area contributed by atoms with E-state index in [1.807, 2.05) is 0 Å². The van der Waals surface area contributed by atoms with Crippen molar-refractivity contribution in [3.05, 3.63) is 0 Å². The standard InChI is InChI=1S/C26H40O14/c1-9-11-20(35-14(2)27)23(37-16(4)29)25(39-18(6)31)26(40-19(7)32)24(38-17(5)30)21(36-15(3)28)12-10-13-22(33)34-8/h20-21,23-26H,9-13H2,1-8H3/t20-,21-,23+,24+,25+,26-/m1/s1. The molecule has 0 aliphatic rings. The van der Waals surface area contributed by atoms with Gasteiger partial charge < -0.3 is 33.2 Å². The van der Waals surface area contributed by atoms with Crippen LogP contribution >= 0.6 is 0 Å². The fourth-order valence-electron chi connectivity index (χ4n) is 3.96. The zero-order chi connectivity index (χ0) is 31.0. The number of ether oxygens (including phenoxy) is 7. The van der Waals surface area contributed by atoms with E-state index >= 15 is 0 Å². The van der Waals surface area contributed by atoms with Crippen molar-refractivity contribution < 1.29 is 66.7 Å². The molecule has 0 fully saturated rings. The number of hydrogen-bond acceptors (Lipinski definition) is 14. The number of rotatable bonds is 17. The maximum absolute atomic E-state index is 12.3.